The van der Waals surface area contributed by atoms with Crippen LogP contribution in [0.25, 0.3) is 0 Å². The number of likely N-dealkylation sites (tertiary alicyclic amines) is 1. The minimum absolute atomic E-state index is 0.0838. The fourth-order valence-electron chi connectivity index (χ4n) is 2.20. The van der Waals surface area contributed by atoms with Crippen LogP contribution in [0.15, 0.2) is 0 Å². The molecule has 1 rings (SSSR count). The van der Waals surface area contributed by atoms with Gasteiger partial charge in [0.1, 0.15) is 0 Å². The van der Waals surface area contributed by atoms with Gasteiger partial charge in [-0.15, -0.1) is 0 Å². The van der Waals surface area contributed by atoms with Crippen LogP contribution in [0.2, 0.25) is 0 Å². The van der Waals surface area contributed by atoms with Gasteiger partial charge < -0.3 is 16.0 Å². The van der Waals surface area contributed by atoms with E-state index in [1.165, 1.54) is 0 Å². The van der Waals surface area contributed by atoms with Gasteiger partial charge in [-0.3, -0.25) is 9.59 Å². The number of nitrogens with two attached hydrogens (primary N) is 1. The third kappa shape index (κ3) is 5.04. The van der Waals surface area contributed by atoms with Crippen LogP contribution in [0.5, 0.6) is 0 Å². The summed E-state index contributed by atoms with van der Waals surface area (Å²) in [4.78, 5) is 25.1. The van der Waals surface area contributed by atoms with Crippen LogP contribution in [0.3, 0.4) is 0 Å². The first-order chi connectivity index (χ1) is 8.52. The Morgan fingerprint density at radius 1 is 1.39 bits per heavy atom. The molecule has 0 spiro atoms. The summed E-state index contributed by atoms with van der Waals surface area (Å²) in [7, 11) is 0. The Bertz CT molecular complexity index is 284. The second kappa shape index (κ2) is 7.36. The standard InChI is InChI=1S/C13H25N3O2/c1-3-4-12(17)15-11-5-7-16(8-6-11)13(18)9-10(2)14/h10-11H,3-9,14H2,1-2H3,(H,15,17). The van der Waals surface area contributed by atoms with E-state index in [1.807, 2.05) is 18.7 Å². The van der Waals surface area contributed by atoms with Gasteiger partial charge in [0.25, 0.3) is 0 Å². The van der Waals surface area contributed by atoms with Crippen molar-refractivity contribution in [2.24, 2.45) is 5.73 Å². The number of piperidine rings is 1. The van der Waals surface area contributed by atoms with Crippen LogP contribution in [0.1, 0.15) is 46.0 Å². The van der Waals surface area contributed by atoms with Crippen molar-refractivity contribution in [2.45, 2.75) is 58.0 Å². The van der Waals surface area contributed by atoms with E-state index in [4.69, 9.17) is 5.73 Å². The fraction of sp³-hybridized carbons (Fsp3) is 0.846. The summed E-state index contributed by atoms with van der Waals surface area (Å²) in [5.41, 5.74) is 5.62. The average molecular weight is 255 g/mol. The highest BCUT2D eigenvalue weighted by Crippen LogP contribution is 2.12. The van der Waals surface area contributed by atoms with Crippen molar-refractivity contribution in [1.29, 1.82) is 0 Å². The summed E-state index contributed by atoms with van der Waals surface area (Å²) in [6.07, 6.45) is 3.56. The normalized spacial score (nSPS) is 18.5. The largest absolute Gasteiger partial charge is 0.353 e. The van der Waals surface area contributed by atoms with E-state index >= 15 is 0 Å². The van der Waals surface area contributed by atoms with Gasteiger partial charge in [0.2, 0.25) is 11.8 Å². The zero-order chi connectivity index (χ0) is 13.5. The van der Waals surface area contributed by atoms with Crippen molar-refractivity contribution >= 4 is 11.8 Å². The molecule has 1 aliphatic rings. The lowest BCUT2D eigenvalue weighted by atomic mass is 10.0. The molecule has 5 heteroatoms. The van der Waals surface area contributed by atoms with Gasteiger partial charge in [0, 0.05) is 38.0 Å². The Labute approximate surface area is 109 Å². The van der Waals surface area contributed by atoms with Gasteiger partial charge in [-0.05, 0) is 26.2 Å². The van der Waals surface area contributed by atoms with Crippen LogP contribution < -0.4 is 11.1 Å². The van der Waals surface area contributed by atoms with Crippen LogP contribution >= 0.6 is 0 Å². The van der Waals surface area contributed by atoms with E-state index in [0.29, 0.717) is 12.8 Å². The molecule has 1 fully saturated rings. The predicted octanol–water partition coefficient (Wildman–Crippen LogP) is 0.631. The van der Waals surface area contributed by atoms with Crippen LogP contribution in [-0.4, -0.2) is 41.9 Å². The number of amides is 2. The summed E-state index contributed by atoms with van der Waals surface area (Å²) < 4.78 is 0. The molecule has 0 aromatic rings. The van der Waals surface area contributed by atoms with Gasteiger partial charge in [-0.25, -0.2) is 0 Å². The molecule has 18 heavy (non-hydrogen) atoms. The first-order valence-electron chi connectivity index (χ1n) is 6.85. The highest BCUT2D eigenvalue weighted by molar-refractivity contribution is 5.77. The molecule has 1 atom stereocenters. The van der Waals surface area contributed by atoms with Gasteiger partial charge in [-0.1, -0.05) is 6.92 Å². The number of hydrogen-bond acceptors (Lipinski definition) is 3. The lowest BCUT2D eigenvalue weighted by molar-refractivity contribution is -0.132. The minimum atomic E-state index is -0.0838. The van der Waals surface area contributed by atoms with E-state index in [-0.39, 0.29) is 23.9 Å². The Balaban J connectivity index is 2.28. The first-order valence-corrected chi connectivity index (χ1v) is 6.85. The predicted molar refractivity (Wildman–Crippen MR) is 70.9 cm³/mol. The molecule has 0 saturated carbocycles. The highest BCUT2D eigenvalue weighted by atomic mass is 16.2. The van der Waals surface area contributed by atoms with Crippen LogP contribution in [0, 0.1) is 0 Å². The molecule has 1 saturated heterocycles. The lowest BCUT2D eigenvalue weighted by Gasteiger charge is -2.32. The molecule has 3 N–H and O–H groups in total. The van der Waals surface area contributed by atoms with Gasteiger partial charge in [0.15, 0.2) is 0 Å². The second-order valence-electron chi connectivity index (χ2n) is 5.15. The van der Waals surface area contributed by atoms with Crippen molar-refractivity contribution in [3.63, 3.8) is 0 Å². The Hall–Kier alpha value is -1.10. The molecule has 0 bridgehead atoms. The number of nitrogens with one attached hydrogen (secondary N) is 1. The van der Waals surface area contributed by atoms with Gasteiger partial charge in [0.05, 0.1) is 0 Å². The maximum atomic E-state index is 11.8. The van der Waals surface area contributed by atoms with Crippen LogP contribution in [-0.2, 0) is 9.59 Å². The Kier molecular flexibility index (Phi) is 6.12. The maximum absolute atomic E-state index is 11.8. The Morgan fingerprint density at radius 2 is 2.00 bits per heavy atom. The molecule has 0 aromatic heterocycles. The second-order valence-corrected chi connectivity index (χ2v) is 5.15. The lowest BCUT2D eigenvalue weighted by Crippen LogP contribution is -2.47. The average Bonchev–Trinajstić information content (AvgIpc) is 2.29. The number of nitrogens with zero attached hydrogens (tertiary/aromatic N) is 1. The molecule has 104 valence electrons. The molecular formula is C13H25N3O2. The third-order valence-corrected chi connectivity index (χ3v) is 3.19. The summed E-state index contributed by atoms with van der Waals surface area (Å²) in [5, 5.41) is 3.02. The molecule has 0 radical (unpaired) electrons. The van der Waals surface area contributed by atoms with Gasteiger partial charge >= 0.3 is 0 Å². The SMILES string of the molecule is CCCC(=O)NC1CCN(C(=O)CC(C)N)CC1. The molecule has 1 heterocycles. The highest BCUT2D eigenvalue weighted by Gasteiger charge is 2.23. The Morgan fingerprint density at radius 3 is 2.50 bits per heavy atom. The van der Waals surface area contributed by atoms with E-state index in [9.17, 15) is 9.59 Å². The smallest absolute Gasteiger partial charge is 0.224 e. The monoisotopic (exact) mass is 255 g/mol. The van der Waals surface area contributed by atoms with E-state index in [2.05, 4.69) is 5.32 Å². The van der Waals surface area contributed by atoms with Gasteiger partial charge in [-0.2, -0.15) is 0 Å². The van der Waals surface area contributed by atoms with E-state index in [0.717, 1.165) is 32.4 Å². The van der Waals surface area contributed by atoms with Crippen molar-refractivity contribution < 1.29 is 9.59 Å². The first kappa shape index (κ1) is 15.0. The number of carbonyl (C=O) groups excluding carboxylic acids is 2. The van der Waals surface area contributed by atoms with Crippen molar-refractivity contribution in [3.8, 4) is 0 Å². The number of hydrogen-bond donors (Lipinski definition) is 2. The number of rotatable bonds is 5. The zero-order valence-corrected chi connectivity index (χ0v) is 11.4. The zero-order valence-electron chi connectivity index (χ0n) is 11.4. The minimum Gasteiger partial charge on any atom is -0.353 e. The fourth-order valence-corrected chi connectivity index (χ4v) is 2.20. The molecule has 2 amide bonds. The van der Waals surface area contributed by atoms with E-state index < -0.39 is 0 Å². The number of carbonyl (C=O) groups is 2. The summed E-state index contributed by atoms with van der Waals surface area (Å²) in [5.74, 6) is 0.251. The summed E-state index contributed by atoms with van der Waals surface area (Å²) in [6.45, 7) is 5.29. The maximum Gasteiger partial charge on any atom is 0.224 e. The molecular weight excluding hydrogens is 230 g/mol. The molecule has 0 aliphatic carbocycles. The van der Waals surface area contributed by atoms with Crippen molar-refractivity contribution in [1.82, 2.24) is 10.2 Å². The quantitative estimate of drug-likeness (QED) is 0.756. The van der Waals surface area contributed by atoms with Crippen molar-refractivity contribution in [3.05, 3.63) is 0 Å². The summed E-state index contributed by atoms with van der Waals surface area (Å²) in [6, 6.07) is 0.142. The van der Waals surface area contributed by atoms with Crippen LogP contribution in [0.4, 0.5) is 0 Å². The summed E-state index contributed by atoms with van der Waals surface area (Å²) >= 11 is 0. The molecule has 5 nitrogen and oxygen atoms in total. The third-order valence-electron chi connectivity index (χ3n) is 3.19. The molecule has 1 aliphatic heterocycles. The van der Waals surface area contributed by atoms with E-state index in [1.54, 1.807) is 0 Å². The topological polar surface area (TPSA) is 75.4 Å². The molecule has 1 unspecified atom stereocenters. The van der Waals surface area contributed by atoms with Crippen molar-refractivity contribution in [2.75, 3.05) is 13.1 Å². The molecule has 0 aromatic carbocycles.